The van der Waals surface area contributed by atoms with Crippen molar-refractivity contribution in [3.63, 3.8) is 0 Å². The Balaban J connectivity index is 1.22. The fraction of sp³-hybridized carbons (Fsp3) is 0.500. The van der Waals surface area contributed by atoms with Gasteiger partial charge in [0.15, 0.2) is 11.6 Å². The van der Waals surface area contributed by atoms with Crippen LogP contribution in [-0.2, 0) is 6.42 Å². The van der Waals surface area contributed by atoms with Gasteiger partial charge in [-0.15, -0.1) is 0 Å². The minimum atomic E-state index is -0.803. The summed E-state index contributed by atoms with van der Waals surface area (Å²) >= 11 is 0. The molecule has 3 aromatic rings. The number of hydrogen-bond donors (Lipinski definition) is 0. The maximum absolute atomic E-state index is 15.3. The second-order valence-electron chi connectivity index (χ2n) is 12.1. The van der Waals surface area contributed by atoms with Gasteiger partial charge in [0.05, 0.1) is 0 Å². The zero-order valence-corrected chi connectivity index (χ0v) is 23.6. The quantitative estimate of drug-likeness (QED) is 0.271. The topological polar surface area (TPSA) is 0 Å². The van der Waals surface area contributed by atoms with E-state index in [1.165, 1.54) is 51.4 Å². The normalized spacial score (nSPS) is 23.6. The molecule has 3 heteroatoms. The molecule has 39 heavy (non-hydrogen) atoms. The standard InChI is InChI=1S/C36H43F3/c1-3-5-24-7-9-25(10-8-24)26-11-15-28(16-12-26)32-21-20-31(23-34(32)37)27-13-17-29(18-14-27)33-22-19-30(6-4-2)35(38)36(33)39/h13-14,17-26,28H,3-12,15-16H2,1-2H3. The van der Waals surface area contributed by atoms with Gasteiger partial charge in [0.1, 0.15) is 5.82 Å². The van der Waals surface area contributed by atoms with Crippen LogP contribution in [0.15, 0.2) is 54.6 Å². The molecule has 0 amide bonds. The number of rotatable bonds is 8. The zero-order chi connectivity index (χ0) is 27.4. The van der Waals surface area contributed by atoms with Crippen molar-refractivity contribution in [2.45, 2.75) is 96.8 Å². The summed E-state index contributed by atoms with van der Waals surface area (Å²) in [4.78, 5) is 0. The van der Waals surface area contributed by atoms with Gasteiger partial charge < -0.3 is 0 Å². The highest BCUT2D eigenvalue weighted by Gasteiger charge is 2.31. The van der Waals surface area contributed by atoms with E-state index < -0.39 is 11.6 Å². The predicted molar refractivity (Wildman–Crippen MR) is 156 cm³/mol. The summed E-state index contributed by atoms with van der Waals surface area (Å²) in [6.07, 6.45) is 14.2. The van der Waals surface area contributed by atoms with E-state index >= 15 is 4.39 Å². The lowest BCUT2D eigenvalue weighted by Gasteiger charge is -2.38. The third kappa shape index (κ3) is 6.28. The fourth-order valence-corrected chi connectivity index (χ4v) is 7.41. The Bertz CT molecular complexity index is 1230. The first kappa shape index (κ1) is 28.0. The van der Waals surface area contributed by atoms with Crippen LogP contribution < -0.4 is 0 Å². The summed E-state index contributed by atoms with van der Waals surface area (Å²) in [5.74, 6) is 1.28. The van der Waals surface area contributed by atoms with Crippen LogP contribution in [-0.4, -0.2) is 0 Å². The lowest BCUT2D eigenvalue weighted by atomic mass is 9.68. The van der Waals surface area contributed by atoms with Gasteiger partial charge in [-0.3, -0.25) is 0 Å². The molecular weight excluding hydrogens is 489 g/mol. The largest absolute Gasteiger partial charge is 0.207 e. The Morgan fingerprint density at radius 3 is 1.85 bits per heavy atom. The third-order valence-corrected chi connectivity index (χ3v) is 9.68. The molecule has 2 fully saturated rings. The number of halogens is 3. The van der Waals surface area contributed by atoms with E-state index in [4.69, 9.17) is 0 Å². The molecule has 0 radical (unpaired) electrons. The van der Waals surface area contributed by atoms with Crippen LogP contribution in [0.1, 0.15) is 102 Å². The molecule has 0 nitrogen and oxygen atoms in total. The Labute approximate surface area is 233 Å². The first-order valence-electron chi connectivity index (χ1n) is 15.4. The molecule has 2 aliphatic carbocycles. The van der Waals surface area contributed by atoms with Gasteiger partial charge in [-0.05, 0) is 103 Å². The number of benzene rings is 3. The molecular formula is C36H43F3. The van der Waals surface area contributed by atoms with Crippen LogP contribution >= 0.6 is 0 Å². The van der Waals surface area contributed by atoms with Crippen LogP contribution in [0.5, 0.6) is 0 Å². The van der Waals surface area contributed by atoms with E-state index in [1.807, 2.05) is 31.2 Å². The Morgan fingerprint density at radius 1 is 0.615 bits per heavy atom. The van der Waals surface area contributed by atoms with Gasteiger partial charge in [0.25, 0.3) is 0 Å². The zero-order valence-electron chi connectivity index (χ0n) is 23.6. The molecule has 0 N–H and O–H groups in total. The van der Waals surface area contributed by atoms with Crippen LogP contribution in [0.2, 0.25) is 0 Å². The second-order valence-corrected chi connectivity index (χ2v) is 12.1. The van der Waals surface area contributed by atoms with Crippen LogP contribution in [0, 0.1) is 35.2 Å². The van der Waals surface area contributed by atoms with E-state index in [2.05, 4.69) is 6.92 Å². The molecule has 5 rings (SSSR count). The molecule has 0 atom stereocenters. The van der Waals surface area contributed by atoms with Gasteiger partial charge >= 0.3 is 0 Å². The predicted octanol–water partition coefficient (Wildman–Crippen LogP) is 11.3. The molecule has 0 unspecified atom stereocenters. The highest BCUT2D eigenvalue weighted by Crippen LogP contribution is 2.45. The van der Waals surface area contributed by atoms with Crippen molar-refractivity contribution in [1.29, 1.82) is 0 Å². The van der Waals surface area contributed by atoms with Crippen molar-refractivity contribution >= 4 is 0 Å². The van der Waals surface area contributed by atoms with Gasteiger partial charge in [-0.25, -0.2) is 13.2 Å². The molecule has 208 valence electrons. The summed E-state index contributed by atoms with van der Waals surface area (Å²) in [6, 6.07) is 16.2. The monoisotopic (exact) mass is 532 g/mol. The van der Waals surface area contributed by atoms with Gasteiger partial charge in [0, 0.05) is 5.56 Å². The Hall–Kier alpha value is -2.55. The van der Waals surface area contributed by atoms with Crippen molar-refractivity contribution in [3.05, 3.63) is 83.2 Å². The van der Waals surface area contributed by atoms with Crippen molar-refractivity contribution in [2.75, 3.05) is 0 Å². The van der Waals surface area contributed by atoms with E-state index in [1.54, 1.807) is 30.3 Å². The average Bonchev–Trinajstić information content (AvgIpc) is 2.97. The first-order valence-corrected chi connectivity index (χ1v) is 15.4. The smallest absolute Gasteiger partial charge is 0.166 e. The molecule has 0 heterocycles. The maximum atomic E-state index is 15.3. The molecule has 2 aliphatic rings. The summed E-state index contributed by atoms with van der Waals surface area (Å²) in [5, 5.41) is 0. The highest BCUT2D eigenvalue weighted by molar-refractivity contribution is 5.71. The minimum Gasteiger partial charge on any atom is -0.207 e. The van der Waals surface area contributed by atoms with Gasteiger partial charge in [0.2, 0.25) is 0 Å². The van der Waals surface area contributed by atoms with Crippen LogP contribution in [0.4, 0.5) is 13.2 Å². The van der Waals surface area contributed by atoms with Crippen molar-refractivity contribution in [2.24, 2.45) is 17.8 Å². The Morgan fingerprint density at radius 2 is 1.23 bits per heavy atom. The lowest BCUT2D eigenvalue weighted by Crippen LogP contribution is -2.25. The number of aryl methyl sites for hydroxylation is 1. The van der Waals surface area contributed by atoms with Crippen molar-refractivity contribution < 1.29 is 13.2 Å². The van der Waals surface area contributed by atoms with Crippen molar-refractivity contribution in [3.8, 4) is 22.3 Å². The summed E-state index contributed by atoms with van der Waals surface area (Å²) < 4.78 is 44.5. The molecule has 0 bridgehead atoms. The lowest BCUT2D eigenvalue weighted by molar-refractivity contribution is 0.156. The minimum absolute atomic E-state index is 0.125. The molecule has 2 saturated carbocycles. The highest BCUT2D eigenvalue weighted by atomic mass is 19.2. The number of hydrogen-bond acceptors (Lipinski definition) is 0. The van der Waals surface area contributed by atoms with Gasteiger partial charge in [-0.1, -0.05) is 94.5 Å². The maximum Gasteiger partial charge on any atom is 0.166 e. The fourth-order valence-electron chi connectivity index (χ4n) is 7.41. The average molecular weight is 533 g/mol. The van der Waals surface area contributed by atoms with E-state index in [9.17, 15) is 8.78 Å². The van der Waals surface area contributed by atoms with E-state index in [-0.39, 0.29) is 11.4 Å². The third-order valence-electron chi connectivity index (χ3n) is 9.68. The molecule has 0 saturated heterocycles. The van der Waals surface area contributed by atoms with E-state index in [0.717, 1.165) is 53.7 Å². The molecule has 0 aliphatic heterocycles. The summed E-state index contributed by atoms with van der Waals surface area (Å²) in [6.45, 7) is 4.25. The van der Waals surface area contributed by atoms with Gasteiger partial charge in [-0.2, -0.15) is 0 Å². The Kier molecular flexibility index (Phi) is 9.15. The molecule has 0 aromatic heterocycles. The van der Waals surface area contributed by atoms with Crippen molar-refractivity contribution in [1.82, 2.24) is 0 Å². The van der Waals surface area contributed by atoms with Crippen LogP contribution in [0.3, 0.4) is 0 Å². The molecule has 0 spiro atoms. The van der Waals surface area contributed by atoms with E-state index in [0.29, 0.717) is 23.5 Å². The first-order chi connectivity index (χ1) is 19.0. The second kappa shape index (κ2) is 12.7. The summed E-state index contributed by atoms with van der Waals surface area (Å²) in [7, 11) is 0. The summed E-state index contributed by atoms with van der Waals surface area (Å²) in [5.41, 5.74) is 3.82. The van der Waals surface area contributed by atoms with Crippen LogP contribution in [0.25, 0.3) is 22.3 Å². The SMILES string of the molecule is CCCc1ccc(-c2ccc(-c3ccc(C4CCC(C5CCC(CCC)CC5)CC4)c(F)c3)cc2)c(F)c1F. The molecule has 3 aromatic carbocycles.